The molecular formula is C9H16N2O2. The Morgan fingerprint density at radius 1 is 1.46 bits per heavy atom. The topological polar surface area (TPSA) is 36.3 Å². The molecule has 0 aliphatic carbocycles. The predicted molar refractivity (Wildman–Crippen MR) is 50.0 cm³/mol. The molecule has 0 saturated carbocycles. The van der Waals surface area contributed by atoms with Crippen molar-refractivity contribution < 1.29 is 9.47 Å². The fraction of sp³-hybridized carbons (Fsp3) is 0.667. The van der Waals surface area contributed by atoms with Crippen LogP contribution in [0.4, 0.5) is 0 Å². The zero-order chi connectivity index (χ0) is 9.68. The zero-order valence-electron chi connectivity index (χ0n) is 8.41. The Hall–Kier alpha value is -1.03. The van der Waals surface area contributed by atoms with Gasteiger partial charge in [0.05, 0.1) is 7.11 Å². The fourth-order valence-electron chi connectivity index (χ4n) is 1.19. The summed E-state index contributed by atoms with van der Waals surface area (Å²) < 4.78 is 11.9. The van der Waals surface area contributed by atoms with Crippen LogP contribution in [-0.4, -0.2) is 30.6 Å². The van der Waals surface area contributed by atoms with Crippen LogP contribution in [0.1, 0.15) is 12.0 Å². The van der Waals surface area contributed by atoms with E-state index in [1.807, 2.05) is 17.8 Å². The van der Waals surface area contributed by atoms with E-state index in [0.29, 0.717) is 5.88 Å². The van der Waals surface area contributed by atoms with Gasteiger partial charge in [-0.15, -0.1) is 5.10 Å². The second kappa shape index (κ2) is 4.87. The van der Waals surface area contributed by atoms with Gasteiger partial charge in [-0.25, -0.2) is 0 Å². The van der Waals surface area contributed by atoms with E-state index in [9.17, 15) is 0 Å². The molecule has 0 aliphatic rings. The molecule has 0 spiro atoms. The van der Waals surface area contributed by atoms with Gasteiger partial charge in [0.1, 0.15) is 0 Å². The van der Waals surface area contributed by atoms with Crippen LogP contribution in [-0.2, 0) is 11.3 Å². The van der Waals surface area contributed by atoms with Crippen molar-refractivity contribution in [2.24, 2.45) is 0 Å². The molecule has 0 radical (unpaired) electrons. The van der Waals surface area contributed by atoms with E-state index in [-0.39, 0.29) is 0 Å². The monoisotopic (exact) mass is 184 g/mol. The first-order chi connectivity index (χ1) is 6.27. The normalized spacial score (nSPS) is 10.4. The van der Waals surface area contributed by atoms with E-state index < -0.39 is 0 Å². The molecular weight excluding hydrogens is 168 g/mol. The van der Waals surface area contributed by atoms with E-state index >= 15 is 0 Å². The summed E-state index contributed by atoms with van der Waals surface area (Å²) in [6.07, 6.45) is 2.95. The van der Waals surface area contributed by atoms with E-state index in [1.165, 1.54) is 0 Å². The van der Waals surface area contributed by atoms with Crippen LogP contribution in [0.2, 0.25) is 0 Å². The number of methoxy groups -OCH3 is 2. The Morgan fingerprint density at radius 3 is 2.77 bits per heavy atom. The van der Waals surface area contributed by atoms with Crippen molar-refractivity contribution in [2.75, 3.05) is 20.8 Å². The molecule has 1 aromatic heterocycles. The highest BCUT2D eigenvalue weighted by atomic mass is 16.5. The maximum absolute atomic E-state index is 5.07. The molecule has 0 fully saturated rings. The van der Waals surface area contributed by atoms with E-state index in [1.54, 1.807) is 14.2 Å². The summed E-state index contributed by atoms with van der Waals surface area (Å²) in [5.41, 5.74) is 1.07. The quantitative estimate of drug-likeness (QED) is 0.646. The second-order valence-electron chi connectivity index (χ2n) is 2.93. The van der Waals surface area contributed by atoms with Crippen molar-refractivity contribution in [1.82, 2.24) is 9.78 Å². The van der Waals surface area contributed by atoms with Gasteiger partial charge >= 0.3 is 0 Å². The van der Waals surface area contributed by atoms with Crippen molar-refractivity contribution >= 4 is 0 Å². The summed E-state index contributed by atoms with van der Waals surface area (Å²) in [6.45, 7) is 3.62. The van der Waals surface area contributed by atoms with Crippen LogP contribution in [0.15, 0.2) is 6.20 Å². The molecule has 0 bridgehead atoms. The maximum atomic E-state index is 5.07. The molecule has 74 valence electrons. The van der Waals surface area contributed by atoms with Gasteiger partial charge in [-0.2, -0.15) is 0 Å². The number of ether oxygens (including phenoxy) is 2. The van der Waals surface area contributed by atoms with Gasteiger partial charge in [-0.3, -0.25) is 4.68 Å². The minimum absolute atomic E-state index is 0.706. The average molecular weight is 184 g/mol. The lowest BCUT2D eigenvalue weighted by Crippen LogP contribution is -2.01. The molecule has 1 heterocycles. The third-order valence-electron chi connectivity index (χ3n) is 1.83. The molecule has 0 saturated heterocycles. The lowest BCUT2D eigenvalue weighted by atomic mass is 10.4. The molecule has 4 nitrogen and oxygen atoms in total. The van der Waals surface area contributed by atoms with Gasteiger partial charge in [-0.05, 0) is 13.3 Å². The van der Waals surface area contributed by atoms with E-state index in [2.05, 4.69) is 5.10 Å². The van der Waals surface area contributed by atoms with Gasteiger partial charge in [0.25, 0.3) is 0 Å². The molecule has 1 aromatic rings. The minimum Gasteiger partial charge on any atom is -0.480 e. The van der Waals surface area contributed by atoms with Crippen LogP contribution in [0, 0.1) is 6.92 Å². The van der Waals surface area contributed by atoms with Crippen LogP contribution >= 0.6 is 0 Å². The van der Waals surface area contributed by atoms with Crippen molar-refractivity contribution in [3.63, 3.8) is 0 Å². The van der Waals surface area contributed by atoms with Gasteiger partial charge < -0.3 is 9.47 Å². The molecule has 0 aliphatic heterocycles. The first-order valence-electron chi connectivity index (χ1n) is 4.35. The number of hydrogen-bond donors (Lipinski definition) is 0. The first kappa shape index (κ1) is 10.1. The van der Waals surface area contributed by atoms with E-state index in [0.717, 1.165) is 25.1 Å². The standard InChI is InChI=1S/C9H16N2O2/c1-8-7-11(5-4-6-12-2)10-9(8)13-3/h7H,4-6H2,1-3H3. The third-order valence-corrected chi connectivity index (χ3v) is 1.83. The zero-order valence-corrected chi connectivity index (χ0v) is 8.41. The van der Waals surface area contributed by atoms with Gasteiger partial charge in [0.15, 0.2) is 0 Å². The predicted octanol–water partition coefficient (Wildman–Crippen LogP) is 1.24. The van der Waals surface area contributed by atoms with Crippen LogP contribution in [0.3, 0.4) is 0 Å². The molecule has 0 unspecified atom stereocenters. The van der Waals surface area contributed by atoms with Gasteiger partial charge in [0.2, 0.25) is 5.88 Å². The largest absolute Gasteiger partial charge is 0.480 e. The molecule has 0 atom stereocenters. The Balaban J connectivity index is 2.48. The highest BCUT2D eigenvalue weighted by molar-refractivity contribution is 5.20. The van der Waals surface area contributed by atoms with Crippen LogP contribution in [0.5, 0.6) is 5.88 Å². The highest BCUT2D eigenvalue weighted by Gasteiger charge is 2.03. The Labute approximate surface area is 78.5 Å². The molecule has 4 heteroatoms. The number of rotatable bonds is 5. The molecule has 0 N–H and O–H groups in total. The summed E-state index contributed by atoms with van der Waals surface area (Å²) in [5, 5.41) is 4.24. The lowest BCUT2D eigenvalue weighted by molar-refractivity contribution is 0.188. The van der Waals surface area contributed by atoms with Crippen molar-refractivity contribution in [3.05, 3.63) is 11.8 Å². The summed E-state index contributed by atoms with van der Waals surface area (Å²) >= 11 is 0. The molecule has 13 heavy (non-hydrogen) atoms. The van der Waals surface area contributed by atoms with Crippen molar-refractivity contribution in [3.8, 4) is 5.88 Å². The Morgan fingerprint density at radius 2 is 2.23 bits per heavy atom. The first-order valence-corrected chi connectivity index (χ1v) is 4.35. The fourth-order valence-corrected chi connectivity index (χ4v) is 1.19. The molecule has 1 rings (SSSR count). The van der Waals surface area contributed by atoms with Gasteiger partial charge in [-0.1, -0.05) is 0 Å². The Bertz CT molecular complexity index is 258. The molecule has 0 aromatic carbocycles. The third kappa shape index (κ3) is 2.73. The SMILES string of the molecule is COCCCn1cc(C)c(OC)n1. The summed E-state index contributed by atoms with van der Waals surface area (Å²) in [6, 6.07) is 0. The summed E-state index contributed by atoms with van der Waals surface area (Å²) in [5.74, 6) is 0.706. The summed E-state index contributed by atoms with van der Waals surface area (Å²) in [4.78, 5) is 0. The number of nitrogens with zero attached hydrogens (tertiary/aromatic N) is 2. The van der Waals surface area contributed by atoms with E-state index in [4.69, 9.17) is 9.47 Å². The van der Waals surface area contributed by atoms with Gasteiger partial charge in [0, 0.05) is 32.0 Å². The number of aryl methyl sites for hydroxylation is 2. The lowest BCUT2D eigenvalue weighted by Gasteiger charge is -1.99. The molecule has 0 amide bonds. The minimum atomic E-state index is 0.706. The van der Waals surface area contributed by atoms with Crippen LogP contribution < -0.4 is 4.74 Å². The number of hydrogen-bond acceptors (Lipinski definition) is 3. The second-order valence-corrected chi connectivity index (χ2v) is 2.93. The highest BCUT2D eigenvalue weighted by Crippen LogP contribution is 2.13. The van der Waals surface area contributed by atoms with Crippen molar-refractivity contribution in [1.29, 1.82) is 0 Å². The summed E-state index contributed by atoms with van der Waals surface area (Å²) in [7, 11) is 3.34. The number of aromatic nitrogens is 2. The maximum Gasteiger partial charge on any atom is 0.235 e. The Kier molecular flexibility index (Phi) is 3.76. The van der Waals surface area contributed by atoms with Crippen molar-refractivity contribution in [2.45, 2.75) is 19.9 Å². The van der Waals surface area contributed by atoms with Crippen LogP contribution in [0.25, 0.3) is 0 Å². The average Bonchev–Trinajstić information content (AvgIpc) is 2.47. The smallest absolute Gasteiger partial charge is 0.235 e.